The van der Waals surface area contributed by atoms with E-state index in [1.165, 1.54) is 0 Å². The van der Waals surface area contributed by atoms with Crippen LogP contribution >= 0.6 is 11.8 Å². The highest BCUT2D eigenvalue weighted by Gasteiger charge is 2.74. The number of carbonyl (C=O) groups excluding carboxylic acids is 3. The van der Waals surface area contributed by atoms with E-state index in [-0.39, 0.29) is 29.6 Å². The summed E-state index contributed by atoms with van der Waals surface area (Å²) in [6.07, 6.45) is 9.41. The molecule has 0 radical (unpaired) electrons. The molecule has 3 saturated heterocycles. The molecular weight excluding hydrogens is 452 g/mol. The summed E-state index contributed by atoms with van der Waals surface area (Å²) in [7, 11) is 0. The topological polar surface area (TPSA) is 87.2 Å². The molecule has 8 heteroatoms. The van der Waals surface area contributed by atoms with Gasteiger partial charge in [0.1, 0.15) is 6.04 Å². The number of hydrogen-bond donors (Lipinski definition) is 1. The number of esters is 1. The van der Waals surface area contributed by atoms with Crippen LogP contribution in [-0.2, 0) is 19.1 Å². The van der Waals surface area contributed by atoms with Crippen molar-refractivity contribution in [1.82, 2.24) is 9.80 Å². The monoisotopic (exact) mass is 492 g/mol. The summed E-state index contributed by atoms with van der Waals surface area (Å²) >= 11 is 1.63. The Morgan fingerprint density at radius 3 is 2.74 bits per heavy atom. The Balaban J connectivity index is 1.88. The molecule has 2 unspecified atom stereocenters. The smallest absolute Gasteiger partial charge is 0.310 e. The standard InChI is InChI=1S/C26H40N2O5S/c1-5-8-10-11-16-33-25(32)20-19-12-13-26(34-19)21(20)23(30)28(18(4)17-29)22(26)24(31)27(14-7-3)15-9-6-2/h5,7,18-22,29H,1,3,6,8-17H2,2,4H3/t18-,19+,20-,21+,22?,26?/m1/s1. The summed E-state index contributed by atoms with van der Waals surface area (Å²) in [5, 5.41) is 9.93. The van der Waals surface area contributed by atoms with Crippen molar-refractivity contribution in [2.24, 2.45) is 11.8 Å². The molecule has 7 nitrogen and oxygen atoms in total. The molecule has 2 bridgehead atoms. The molecule has 2 amide bonds. The number of rotatable bonds is 14. The van der Waals surface area contributed by atoms with Crippen LogP contribution in [0.15, 0.2) is 25.3 Å². The Kier molecular flexibility index (Phi) is 9.27. The van der Waals surface area contributed by atoms with Crippen LogP contribution in [0.3, 0.4) is 0 Å². The van der Waals surface area contributed by atoms with Gasteiger partial charge in [-0.2, -0.15) is 0 Å². The van der Waals surface area contributed by atoms with Crippen LogP contribution in [0.5, 0.6) is 0 Å². The van der Waals surface area contributed by atoms with E-state index in [4.69, 9.17) is 4.74 Å². The molecule has 0 aromatic rings. The predicted molar refractivity (Wildman–Crippen MR) is 134 cm³/mol. The lowest BCUT2D eigenvalue weighted by Gasteiger charge is -2.38. The number of aliphatic hydroxyl groups excluding tert-OH is 1. The van der Waals surface area contributed by atoms with E-state index in [1.54, 1.807) is 34.6 Å². The Morgan fingerprint density at radius 2 is 2.09 bits per heavy atom. The van der Waals surface area contributed by atoms with Crippen LogP contribution in [0.1, 0.15) is 58.8 Å². The zero-order valence-corrected chi connectivity index (χ0v) is 21.4. The molecule has 3 heterocycles. The minimum Gasteiger partial charge on any atom is -0.465 e. The van der Waals surface area contributed by atoms with Gasteiger partial charge in [0, 0.05) is 18.3 Å². The lowest BCUT2D eigenvalue weighted by atomic mass is 9.71. The molecule has 0 aliphatic carbocycles. The predicted octanol–water partition coefficient (Wildman–Crippen LogP) is 3.17. The summed E-state index contributed by atoms with van der Waals surface area (Å²) in [5.74, 6) is -1.75. The molecule has 1 N–H and O–H groups in total. The van der Waals surface area contributed by atoms with Gasteiger partial charge in [0.05, 0.1) is 35.8 Å². The van der Waals surface area contributed by atoms with Crippen LogP contribution in [-0.4, -0.2) is 81.1 Å². The second-order valence-corrected chi connectivity index (χ2v) is 11.3. The van der Waals surface area contributed by atoms with Crippen LogP contribution < -0.4 is 0 Å². The van der Waals surface area contributed by atoms with Crippen molar-refractivity contribution in [2.45, 2.75) is 80.9 Å². The minimum absolute atomic E-state index is 0.0139. The second kappa shape index (κ2) is 11.8. The Bertz CT molecular complexity index is 789. The van der Waals surface area contributed by atoms with Gasteiger partial charge in [-0.3, -0.25) is 14.4 Å². The molecule has 0 aromatic carbocycles. The summed E-state index contributed by atoms with van der Waals surface area (Å²) < 4.78 is 4.97. The maximum atomic E-state index is 14.0. The molecular formula is C26H40N2O5S. The molecule has 3 aliphatic rings. The van der Waals surface area contributed by atoms with Gasteiger partial charge in [-0.25, -0.2) is 0 Å². The van der Waals surface area contributed by atoms with Crippen molar-refractivity contribution < 1.29 is 24.2 Å². The van der Waals surface area contributed by atoms with Gasteiger partial charge in [-0.1, -0.05) is 25.5 Å². The fraction of sp³-hybridized carbons (Fsp3) is 0.731. The second-order valence-electron chi connectivity index (χ2n) is 9.71. The van der Waals surface area contributed by atoms with E-state index in [0.29, 0.717) is 26.1 Å². The number of carbonyl (C=O) groups is 3. The average molecular weight is 493 g/mol. The van der Waals surface area contributed by atoms with Crippen LogP contribution in [0, 0.1) is 11.8 Å². The summed E-state index contributed by atoms with van der Waals surface area (Å²) in [6, 6.07) is -1.20. The molecule has 6 atom stereocenters. The first-order valence-corrected chi connectivity index (χ1v) is 13.5. The molecule has 3 fully saturated rings. The molecule has 3 aliphatic heterocycles. The number of fused-ring (bicyclic) bond motifs is 1. The number of ether oxygens (including phenoxy) is 1. The molecule has 1 spiro atoms. The van der Waals surface area contributed by atoms with Crippen molar-refractivity contribution in [3.05, 3.63) is 25.3 Å². The minimum atomic E-state index is -0.690. The number of likely N-dealkylation sites (tertiary alicyclic amines) is 1. The van der Waals surface area contributed by atoms with Gasteiger partial charge in [0.25, 0.3) is 0 Å². The normalized spacial score (nSPS) is 30.2. The Hall–Kier alpha value is -1.80. The Labute approximate surface area is 208 Å². The molecule has 3 rings (SSSR count). The Morgan fingerprint density at radius 1 is 1.32 bits per heavy atom. The van der Waals surface area contributed by atoms with Gasteiger partial charge < -0.3 is 19.6 Å². The average Bonchev–Trinajstić information content (AvgIpc) is 3.48. The van der Waals surface area contributed by atoms with Gasteiger partial charge >= 0.3 is 5.97 Å². The van der Waals surface area contributed by atoms with Crippen molar-refractivity contribution in [1.29, 1.82) is 0 Å². The fourth-order valence-corrected chi connectivity index (χ4v) is 8.02. The first kappa shape index (κ1) is 26.8. The maximum Gasteiger partial charge on any atom is 0.310 e. The SMILES string of the molecule is C=CCCCCOC(=O)[C@@H]1[C@@H]2CCC3(S2)C(C(=O)N(CC=C)CCCC)N([C@H](C)CO)C(=O)[C@H]13. The molecule has 34 heavy (non-hydrogen) atoms. The van der Waals surface area contributed by atoms with E-state index in [2.05, 4.69) is 20.1 Å². The zero-order chi connectivity index (χ0) is 24.9. The largest absolute Gasteiger partial charge is 0.465 e. The van der Waals surface area contributed by atoms with Crippen molar-refractivity contribution in [2.75, 3.05) is 26.3 Å². The molecule has 0 aromatic heterocycles. The fourth-order valence-electron chi connectivity index (χ4n) is 5.83. The number of allylic oxidation sites excluding steroid dienone is 1. The number of hydrogen-bond acceptors (Lipinski definition) is 6. The number of amides is 2. The highest BCUT2D eigenvalue weighted by molar-refractivity contribution is 8.02. The van der Waals surface area contributed by atoms with E-state index < -0.39 is 28.7 Å². The number of aliphatic hydroxyl groups is 1. The highest BCUT2D eigenvalue weighted by atomic mass is 32.2. The van der Waals surface area contributed by atoms with E-state index in [9.17, 15) is 19.5 Å². The van der Waals surface area contributed by atoms with Crippen molar-refractivity contribution in [3.63, 3.8) is 0 Å². The van der Waals surface area contributed by atoms with Crippen LogP contribution in [0.2, 0.25) is 0 Å². The first-order valence-electron chi connectivity index (χ1n) is 12.7. The van der Waals surface area contributed by atoms with Crippen LogP contribution in [0.4, 0.5) is 0 Å². The summed E-state index contributed by atoms with van der Waals surface area (Å²) in [5.41, 5.74) is 0. The maximum absolute atomic E-state index is 14.0. The van der Waals surface area contributed by atoms with E-state index in [1.807, 2.05) is 6.08 Å². The van der Waals surface area contributed by atoms with E-state index >= 15 is 0 Å². The summed E-state index contributed by atoms with van der Waals surface area (Å²) in [4.78, 5) is 44.3. The quantitative estimate of drug-likeness (QED) is 0.228. The lowest BCUT2D eigenvalue weighted by molar-refractivity contribution is -0.154. The number of nitrogens with zero attached hydrogens (tertiary/aromatic N) is 2. The van der Waals surface area contributed by atoms with Crippen LogP contribution in [0.25, 0.3) is 0 Å². The third kappa shape index (κ3) is 4.81. The molecule has 190 valence electrons. The first-order chi connectivity index (χ1) is 16.4. The highest BCUT2D eigenvalue weighted by Crippen LogP contribution is 2.66. The van der Waals surface area contributed by atoms with Gasteiger partial charge in [0.2, 0.25) is 11.8 Å². The van der Waals surface area contributed by atoms with Crippen molar-refractivity contribution >= 4 is 29.5 Å². The number of unbranched alkanes of at least 4 members (excludes halogenated alkanes) is 3. The molecule has 0 saturated carbocycles. The summed E-state index contributed by atoms with van der Waals surface area (Å²) in [6.45, 7) is 12.5. The lowest BCUT2D eigenvalue weighted by Crippen LogP contribution is -2.57. The van der Waals surface area contributed by atoms with Crippen molar-refractivity contribution in [3.8, 4) is 0 Å². The van der Waals surface area contributed by atoms with Gasteiger partial charge in [-0.05, 0) is 45.4 Å². The van der Waals surface area contributed by atoms with Gasteiger partial charge in [0.15, 0.2) is 0 Å². The number of thioether (sulfide) groups is 1. The van der Waals surface area contributed by atoms with E-state index in [0.717, 1.165) is 38.5 Å². The third-order valence-corrected chi connectivity index (χ3v) is 9.42. The van der Waals surface area contributed by atoms with Gasteiger partial charge in [-0.15, -0.1) is 24.9 Å². The zero-order valence-electron chi connectivity index (χ0n) is 20.6. The third-order valence-electron chi connectivity index (χ3n) is 7.47.